The minimum absolute atomic E-state index is 0.206. The quantitative estimate of drug-likeness (QED) is 0.865. The Balaban J connectivity index is 1.87. The van der Waals surface area contributed by atoms with E-state index in [1.54, 1.807) is 0 Å². The first-order chi connectivity index (χ1) is 8.18. The van der Waals surface area contributed by atoms with Crippen LogP contribution in [-0.2, 0) is 4.79 Å². The molecule has 1 aromatic rings. The summed E-state index contributed by atoms with van der Waals surface area (Å²) in [7, 11) is 0. The number of carbonyl (C=O) groups is 1. The van der Waals surface area contributed by atoms with Gasteiger partial charge in [0.1, 0.15) is 6.54 Å². The third-order valence-corrected chi connectivity index (χ3v) is 3.37. The summed E-state index contributed by atoms with van der Waals surface area (Å²) in [4.78, 5) is 13.9. The number of nitrogens with one attached hydrogen (secondary N) is 1. The van der Waals surface area contributed by atoms with Crippen LogP contribution in [0.1, 0.15) is 30.7 Å². The summed E-state index contributed by atoms with van der Waals surface area (Å²) < 4.78 is 1.97. The van der Waals surface area contributed by atoms with Gasteiger partial charge < -0.3 is 10.3 Å². The minimum Gasteiger partial charge on any atom is -0.341 e. The van der Waals surface area contributed by atoms with Crippen LogP contribution in [0.4, 0.5) is 0 Å². The lowest BCUT2D eigenvalue weighted by atomic mass is 10.1. The number of piperidine rings is 1. The molecule has 2 heterocycles. The second-order valence-corrected chi connectivity index (χ2v) is 4.73. The number of aryl methyl sites for hydroxylation is 2. The summed E-state index contributed by atoms with van der Waals surface area (Å²) in [6.07, 6.45) is 3.55. The maximum Gasteiger partial charge on any atom is 0.243 e. The number of aromatic nitrogens is 1. The maximum atomic E-state index is 12.0. The smallest absolute Gasteiger partial charge is 0.243 e. The van der Waals surface area contributed by atoms with Gasteiger partial charge in [-0.25, -0.2) is 0 Å². The largest absolute Gasteiger partial charge is 0.341 e. The van der Waals surface area contributed by atoms with Crippen LogP contribution in [0, 0.1) is 13.8 Å². The molecule has 0 bridgehead atoms. The number of likely N-dealkylation sites (tertiary alicyclic amines) is 1. The molecule has 0 atom stereocenters. The van der Waals surface area contributed by atoms with E-state index < -0.39 is 0 Å². The summed E-state index contributed by atoms with van der Waals surface area (Å²) in [5, 5.41) is 0. The number of amides is 1. The van der Waals surface area contributed by atoms with E-state index in [9.17, 15) is 4.79 Å². The standard InChI is InChI=1S/C13H21N3O/c1-11-6-7-12(2)16(11)14-10-13(17)15-8-4-3-5-9-15/h6-7,14H,3-5,8-10H2,1-2H3. The van der Waals surface area contributed by atoms with E-state index in [1.165, 1.54) is 6.42 Å². The molecule has 1 aliphatic heterocycles. The van der Waals surface area contributed by atoms with Gasteiger partial charge in [-0.2, -0.15) is 0 Å². The van der Waals surface area contributed by atoms with Crippen LogP contribution in [-0.4, -0.2) is 35.1 Å². The van der Waals surface area contributed by atoms with Gasteiger partial charge in [-0.1, -0.05) is 0 Å². The molecule has 0 saturated carbocycles. The van der Waals surface area contributed by atoms with Crippen LogP contribution in [0.25, 0.3) is 0 Å². The second-order valence-electron chi connectivity index (χ2n) is 4.73. The van der Waals surface area contributed by atoms with E-state index in [0.717, 1.165) is 37.3 Å². The molecule has 0 spiro atoms. The minimum atomic E-state index is 0.206. The Morgan fingerprint density at radius 2 is 1.76 bits per heavy atom. The molecular weight excluding hydrogens is 214 g/mol. The first kappa shape index (κ1) is 12.0. The Morgan fingerprint density at radius 1 is 1.18 bits per heavy atom. The van der Waals surface area contributed by atoms with Crippen molar-refractivity contribution >= 4 is 5.91 Å². The van der Waals surface area contributed by atoms with Gasteiger partial charge in [-0.3, -0.25) is 9.47 Å². The molecule has 1 aliphatic rings. The van der Waals surface area contributed by atoms with Gasteiger partial charge in [0.05, 0.1) is 0 Å². The fourth-order valence-corrected chi connectivity index (χ4v) is 2.32. The van der Waals surface area contributed by atoms with Crippen LogP contribution < -0.4 is 5.43 Å². The van der Waals surface area contributed by atoms with Crippen molar-refractivity contribution in [3.05, 3.63) is 23.5 Å². The first-order valence-electron chi connectivity index (χ1n) is 6.35. The molecule has 1 fully saturated rings. The Bertz CT molecular complexity index is 372. The zero-order valence-corrected chi connectivity index (χ0v) is 10.7. The zero-order valence-electron chi connectivity index (χ0n) is 10.7. The monoisotopic (exact) mass is 235 g/mol. The van der Waals surface area contributed by atoms with Crippen molar-refractivity contribution in [1.29, 1.82) is 0 Å². The van der Waals surface area contributed by atoms with Gasteiger partial charge in [-0.05, 0) is 45.2 Å². The number of carbonyl (C=O) groups excluding carboxylic acids is 1. The Kier molecular flexibility index (Phi) is 3.71. The maximum absolute atomic E-state index is 12.0. The molecule has 0 aliphatic carbocycles. The zero-order chi connectivity index (χ0) is 12.3. The van der Waals surface area contributed by atoms with E-state index in [4.69, 9.17) is 0 Å². The predicted octanol–water partition coefficient (Wildman–Crippen LogP) is 1.66. The van der Waals surface area contributed by atoms with Crippen molar-refractivity contribution in [1.82, 2.24) is 9.58 Å². The highest BCUT2D eigenvalue weighted by Crippen LogP contribution is 2.09. The molecule has 94 valence electrons. The second kappa shape index (κ2) is 5.25. The highest BCUT2D eigenvalue weighted by molar-refractivity contribution is 5.79. The molecular formula is C13H21N3O. The summed E-state index contributed by atoms with van der Waals surface area (Å²) in [5.74, 6) is 0.206. The van der Waals surface area contributed by atoms with Crippen molar-refractivity contribution in [2.24, 2.45) is 0 Å². The Hall–Kier alpha value is -1.45. The topological polar surface area (TPSA) is 37.3 Å². The van der Waals surface area contributed by atoms with E-state index in [0.29, 0.717) is 6.54 Å². The third-order valence-electron chi connectivity index (χ3n) is 3.37. The molecule has 1 saturated heterocycles. The summed E-state index contributed by atoms with van der Waals surface area (Å²) in [6, 6.07) is 4.10. The van der Waals surface area contributed by atoms with Crippen molar-refractivity contribution < 1.29 is 4.79 Å². The van der Waals surface area contributed by atoms with Crippen molar-refractivity contribution in [2.75, 3.05) is 25.1 Å². The van der Waals surface area contributed by atoms with Crippen molar-refractivity contribution in [3.8, 4) is 0 Å². The van der Waals surface area contributed by atoms with E-state index in [-0.39, 0.29) is 5.91 Å². The van der Waals surface area contributed by atoms with Gasteiger partial charge in [-0.15, -0.1) is 0 Å². The van der Waals surface area contributed by atoms with Gasteiger partial charge in [0, 0.05) is 24.5 Å². The molecule has 4 heteroatoms. The highest BCUT2D eigenvalue weighted by Gasteiger charge is 2.16. The molecule has 2 rings (SSSR count). The van der Waals surface area contributed by atoms with Gasteiger partial charge in [0.2, 0.25) is 5.91 Å². The Labute approximate surface area is 103 Å². The average Bonchev–Trinajstić information content (AvgIpc) is 2.67. The lowest BCUT2D eigenvalue weighted by molar-refractivity contribution is -0.130. The number of nitrogens with zero attached hydrogens (tertiary/aromatic N) is 2. The SMILES string of the molecule is Cc1ccc(C)n1NCC(=O)N1CCCCC1. The van der Waals surface area contributed by atoms with Crippen LogP contribution in [0.15, 0.2) is 12.1 Å². The molecule has 1 N–H and O–H groups in total. The summed E-state index contributed by atoms with van der Waals surface area (Å²) in [6.45, 7) is 6.29. The Morgan fingerprint density at radius 3 is 2.35 bits per heavy atom. The van der Waals surface area contributed by atoms with Crippen molar-refractivity contribution in [3.63, 3.8) is 0 Å². The lowest BCUT2D eigenvalue weighted by Gasteiger charge is -2.27. The summed E-state index contributed by atoms with van der Waals surface area (Å²) in [5.41, 5.74) is 5.45. The van der Waals surface area contributed by atoms with Crippen LogP contribution >= 0.6 is 0 Å². The summed E-state index contributed by atoms with van der Waals surface area (Å²) >= 11 is 0. The predicted molar refractivity (Wildman–Crippen MR) is 68.6 cm³/mol. The van der Waals surface area contributed by atoms with E-state index >= 15 is 0 Å². The first-order valence-corrected chi connectivity index (χ1v) is 6.35. The molecule has 1 amide bonds. The number of rotatable bonds is 3. The fraction of sp³-hybridized carbons (Fsp3) is 0.615. The fourth-order valence-electron chi connectivity index (χ4n) is 2.32. The normalized spacial score (nSPS) is 16.0. The molecule has 0 unspecified atom stereocenters. The molecule has 1 aromatic heterocycles. The van der Waals surface area contributed by atoms with Crippen LogP contribution in [0.3, 0.4) is 0 Å². The molecule has 0 aromatic carbocycles. The lowest BCUT2D eigenvalue weighted by Crippen LogP contribution is -2.40. The van der Waals surface area contributed by atoms with E-state index in [2.05, 4.69) is 5.43 Å². The molecule has 4 nitrogen and oxygen atoms in total. The highest BCUT2D eigenvalue weighted by atomic mass is 16.2. The van der Waals surface area contributed by atoms with Crippen molar-refractivity contribution in [2.45, 2.75) is 33.1 Å². The van der Waals surface area contributed by atoms with Gasteiger partial charge in [0.15, 0.2) is 0 Å². The van der Waals surface area contributed by atoms with Gasteiger partial charge >= 0.3 is 0 Å². The van der Waals surface area contributed by atoms with Gasteiger partial charge in [0.25, 0.3) is 0 Å². The molecule has 0 radical (unpaired) electrons. The van der Waals surface area contributed by atoms with Crippen LogP contribution in [0.2, 0.25) is 0 Å². The number of hydrogen-bond acceptors (Lipinski definition) is 2. The van der Waals surface area contributed by atoms with E-state index in [1.807, 2.05) is 35.6 Å². The molecule has 17 heavy (non-hydrogen) atoms. The van der Waals surface area contributed by atoms with Crippen LogP contribution in [0.5, 0.6) is 0 Å². The number of hydrogen-bond donors (Lipinski definition) is 1. The third kappa shape index (κ3) is 2.81. The average molecular weight is 235 g/mol.